The smallest absolute Gasteiger partial charge is 0.317 e. The van der Waals surface area contributed by atoms with Gasteiger partial charge in [0.1, 0.15) is 0 Å². The fraction of sp³-hybridized carbons (Fsp3) is 0.391. The average Bonchev–Trinajstić information content (AvgIpc) is 2.77. The quantitative estimate of drug-likeness (QED) is 0.588. The number of Topliss-reactive ketones (excluding diaryl/α,β-unsaturated/α-hetero) is 1. The number of carbonyl (C=O) groups excluding carboxylic acids is 2. The number of urea groups is 1. The first-order chi connectivity index (χ1) is 13.6. The summed E-state index contributed by atoms with van der Waals surface area (Å²) < 4.78 is 0. The van der Waals surface area contributed by atoms with Crippen molar-refractivity contribution < 1.29 is 9.59 Å². The molecule has 1 saturated heterocycles. The fourth-order valence-corrected chi connectivity index (χ4v) is 3.62. The van der Waals surface area contributed by atoms with Crippen LogP contribution in [0.5, 0.6) is 0 Å². The molecule has 5 nitrogen and oxygen atoms in total. The lowest BCUT2D eigenvalue weighted by molar-refractivity contribution is 0.0854. The van der Waals surface area contributed by atoms with Crippen molar-refractivity contribution in [1.82, 2.24) is 10.2 Å². The summed E-state index contributed by atoms with van der Waals surface area (Å²) in [5, 5.41) is 3.01. The van der Waals surface area contributed by atoms with Crippen molar-refractivity contribution in [3.05, 3.63) is 66.2 Å². The van der Waals surface area contributed by atoms with Crippen molar-refractivity contribution in [1.29, 1.82) is 0 Å². The van der Waals surface area contributed by atoms with E-state index in [0.29, 0.717) is 19.6 Å². The highest BCUT2D eigenvalue weighted by Crippen LogP contribution is 2.21. The molecule has 2 aromatic carbocycles. The summed E-state index contributed by atoms with van der Waals surface area (Å²) in [6.07, 6.45) is 2.36. The van der Waals surface area contributed by atoms with E-state index in [2.05, 4.69) is 29.4 Å². The molecule has 1 aliphatic heterocycles. The van der Waals surface area contributed by atoms with Gasteiger partial charge in [0, 0.05) is 50.4 Å². The van der Waals surface area contributed by atoms with Gasteiger partial charge in [-0.05, 0) is 31.4 Å². The van der Waals surface area contributed by atoms with E-state index in [1.54, 1.807) is 0 Å². The van der Waals surface area contributed by atoms with Crippen LogP contribution in [-0.4, -0.2) is 49.9 Å². The van der Waals surface area contributed by atoms with Crippen LogP contribution in [0.4, 0.5) is 10.5 Å². The zero-order valence-corrected chi connectivity index (χ0v) is 16.5. The van der Waals surface area contributed by atoms with Gasteiger partial charge in [-0.2, -0.15) is 0 Å². The van der Waals surface area contributed by atoms with Crippen LogP contribution in [0, 0.1) is 5.92 Å². The molecule has 148 valence electrons. The highest BCUT2D eigenvalue weighted by atomic mass is 16.2. The van der Waals surface area contributed by atoms with E-state index < -0.39 is 0 Å². The molecule has 1 fully saturated rings. The molecule has 0 unspecified atom stereocenters. The fourth-order valence-electron chi connectivity index (χ4n) is 3.62. The molecule has 0 aliphatic carbocycles. The van der Waals surface area contributed by atoms with Crippen LogP contribution in [0.15, 0.2) is 60.7 Å². The Morgan fingerprint density at radius 3 is 2.25 bits per heavy atom. The minimum atomic E-state index is -0.0204. The third-order valence-corrected chi connectivity index (χ3v) is 5.35. The summed E-state index contributed by atoms with van der Waals surface area (Å²) in [6, 6.07) is 19.7. The standard InChI is InChI=1S/C23H29N3O2/c1-25(21-11-6-3-7-12-21)16-8-15-24-23(28)26-17-13-20(14-18-26)22(27)19-9-4-2-5-10-19/h2-7,9-12,20H,8,13-18H2,1H3,(H,24,28). The molecular weight excluding hydrogens is 350 g/mol. The van der Waals surface area contributed by atoms with E-state index in [1.807, 2.05) is 53.4 Å². The van der Waals surface area contributed by atoms with Crippen LogP contribution >= 0.6 is 0 Å². The minimum absolute atomic E-state index is 0.0194. The number of para-hydroxylation sites is 1. The number of carbonyl (C=O) groups is 2. The average molecular weight is 380 g/mol. The van der Waals surface area contributed by atoms with Gasteiger partial charge >= 0.3 is 6.03 Å². The number of piperidine rings is 1. The number of hydrogen-bond donors (Lipinski definition) is 1. The minimum Gasteiger partial charge on any atom is -0.375 e. The summed E-state index contributed by atoms with van der Waals surface area (Å²) in [5.74, 6) is 0.218. The molecule has 28 heavy (non-hydrogen) atoms. The molecule has 0 radical (unpaired) electrons. The number of ketones is 1. The Balaban J connectivity index is 1.35. The van der Waals surface area contributed by atoms with Crippen molar-refractivity contribution in [2.24, 2.45) is 5.92 Å². The molecule has 1 aliphatic rings. The Kier molecular flexibility index (Phi) is 7.06. The lowest BCUT2D eigenvalue weighted by atomic mass is 9.89. The Morgan fingerprint density at radius 2 is 1.61 bits per heavy atom. The maximum Gasteiger partial charge on any atom is 0.317 e. The third kappa shape index (κ3) is 5.35. The zero-order valence-electron chi connectivity index (χ0n) is 16.5. The van der Waals surface area contributed by atoms with Gasteiger partial charge in [0.05, 0.1) is 0 Å². The predicted octanol–water partition coefficient (Wildman–Crippen LogP) is 3.82. The highest BCUT2D eigenvalue weighted by Gasteiger charge is 2.27. The maximum absolute atomic E-state index is 12.5. The van der Waals surface area contributed by atoms with Gasteiger partial charge in [-0.15, -0.1) is 0 Å². The van der Waals surface area contributed by atoms with Gasteiger partial charge in [-0.1, -0.05) is 48.5 Å². The largest absolute Gasteiger partial charge is 0.375 e. The van der Waals surface area contributed by atoms with Crippen LogP contribution in [0.3, 0.4) is 0 Å². The molecule has 2 aromatic rings. The molecule has 1 heterocycles. The molecule has 2 amide bonds. The second-order valence-electron chi connectivity index (χ2n) is 7.33. The van der Waals surface area contributed by atoms with Crippen molar-refractivity contribution in [3.8, 4) is 0 Å². The first kappa shape index (κ1) is 19.9. The molecule has 0 bridgehead atoms. The molecular formula is C23H29N3O2. The van der Waals surface area contributed by atoms with Crippen LogP contribution in [0.2, 0.25) is 0 Å². The number of likely N-dealkylation sites (tertiary alicyclic amines) is 1. The molecule has 0 spiro atoms. The van der Waals surface area contributed by atoms with Crippen LogP contribution in [-0.2, 0) is 0 Å². The summed E-state index contributed by atoms with van der Waals surface area (Å²) in [5.41, 5.74) is 1.95. The predicted molar refractivity (Wildman–Crippen MR) is 113 cm³/mol. The lowest BCUT2D eigenvalue weighted by Crippen LogP contribution is -2.46. The Morgan fingerprint density at radius 1 is 1.00 bits per heavy atom. The SMILES string of the molecule is CN(CCCNC(=O)N1CCC(C(=O)c2ccccc2)CC1)c1ccccc1. The number of anilines is 1. The molecule has 1 N–H and O–H groups in total. The Bertz CT molecular complexity index is 756. The molecule has 3 rings (SSSR count). The third-order valence-electron chi connectivity index (χ3n) is 5.35. The number of amides is 2. The normalized spacial score (nSPS) is 14.5. The zero-order chi connectivity index (χ0) is 19.8. The lowest BCUT2D eigenvalue weighted by Gasteiger charge is -2.31. The van der Waals surface area contributed by atoms with Gasteiger partial charge in [0.2, 0.25) is 0 Å². The van der Waals surface area contributed by atoms with E-state index in [1.165, 1.54) is 5.69 Å². The van der Waals surface area contributed by atoms with E-state index in [4.69, 9.17) is 0 Å². The van der Waals surface area contributed by atoms with Gasteiger partial charge < -0.3 is 15.1 Å². The van der Waals surface area contributed by atoms with Crippen LogP contribution in [0.25, 0.3) is 0 Å². The summed E-state index contributed by atoms with van der Waals surface area (Å²) in [6.45, 7) is 2.81. The maximum atomic E-state index is 12.5. The molecule has 5 heteroatoms. The number of benzene rings is 2. The summed E-state index contributed by atoms with van der Waals surface area (Å²) in [7, 11) is 2.06. The summed E-state index contributed by atoms with van der Waals surface area (Å²) >= 11 is 0. The van der Waals surface area contributed by atoms with Crippen LogP contribution in [0.1, 0.15) is 29.6 Å². The van der Waals surface area contributed by atoms with Crippen LogP contribution < -0.4 is 10.2 Å². The topological polar surface area (TPSA) is 52.7 Å². The second-order valence-corrected chi connectivity index (χ2v) is 7.33. The number of hydrogen-bond acceptors (Lipinski definition) is 3. The first-order valence-corrected chi connectivity index (χ1v) is 10.0. The monoisotopic (exact) mass is 379 g/mol. The van der Waals surface area contributed by atoms with E-state index in [9.17, 15) is 9.59 Å². The van der Waals surface area contributed by atoms with Gasteiger partial charge in [0.15, 0.2) is 5.78 Å². The van der Waals surface area contributed by atoms with Crippen molar-refractivity contribution in [2.75, 3.05) is 38.1 Å². The second kappa shape index (κ2) is 9.93. The van der Waals surface area contributed by atoms with Crippen molar-refractivity contribution >= 4 is 17.5 Å². The molecule has 0 atom stereocenters. The van der Waals surface area contributed by atoms with E-state index in [-0.39, 0.29) is 17.7 Å². The van der Waals surface area contributed by atoms with Gasteiger partial charge in [-0.25, -0.2) is 4.79 Å². The van der Waals surface area contributed by atoms with Crippen molar-refractivity contribution in [2.45, 2.75) is 19.3 Å². The van der Waals surface area contributed by atoms with E-state index >= 15 is 0 Å². The van der Waals surface area contributed by atoms with Gasteiger partial charge in [-0.3, -0.25) is 4.79 Å². The summed E-state index contributed by atoms with van der Waals surface area (Å²) in [4.78, 5) is 28.9. The first-order valence-electron chi connectivity index (χ1n) is 10.0. The number of nitrogens with zero attached hydrogens (tertiary/aromatic N) is 2. The van der Waals surface area contributed by atoms with Crippen molar-refractivity contribution in [3.63, 3.8) is 0 Å². The van der Waals surface area contributed by atoms with Gasteiger partial charge in [0.25, 0.3) is 0 Å². The number of rotatable bonds is 7. The Hall–Kier alpha value is -2.82. The molecule has 0 aromatic heterocycles. The highest BCUT2D eigenvalue weighted by molar-refractivity contribution is 5.97. The Labute approximate surface area is 167 Å². The van der Waals surface area contributed by atoms with E-state index in [0.717, 1.165) is 31.4 Å². The number of nitrogens with one attached hydrogen (secondary N) is 1. The molecule has 0 saturated carbocycles.